The van der Waals surface area contributed by atoms with Crippen molar-refractivity contribution in [2.75, 3.05) is 18.8 Å². The van der Waals surface area contributed by atoms with E-state index in [1.165, 1.54) is 0 Å². The second-order valence-corrected chi connectivity index (χ2v) is 8.00. The molecule has 13 heavy (non-hydrogen) atoms. The van der Waals surface area contributed by atoms with Crippen molar-refractivity contribution in [3.05, 3.63) is 0 Å². The second-order valence-electron chi connectivity index (χ2n) is 1.81. The largest absolute Gasteiger partial charge is 0.741 e. The van der Waals surface area contributed by atoms with E-state index in [1.54, 1.807) is 0 Å². The zero-order chi connectivity index (χ0) is 11.3. The van der Waals surface area contributed by atoms with Crippen LogP contribution < -0.4 is 0 Å². The Kier molecular flexibility index (Phi) is 7.31. The van der Waals surface area contributed by atoms with Crippen LogP contribution in [0.4, 0.5) is 13.2 Å². The quantitative estimate of drug-likeness (QED) is 0.307. The molecule has 0 aliphatic rings. The van der Waals surface area contributed by atoms with Crippen LogP contribution in [0.1, 0.15) is 0 Å². The summed E-state index contributed by atoms with van der Waals surface area (Å²) in [5, 5.41) is 0. The third kappa shape index (κ3) is 10.3. The molecule has 0 saturated carbocycles. The molecule has 0 heterocycles. The van der Waals surface area contributed by atoms with Gasteiger partial charge in [0.15, 0.2) is 10.1 Å². The first kappa shape index (κ1) is 15.9. The smallest absolute Gasteiger partial charge is 0.485 e. The summed E-state index contributed by atoms with van der Waals surface area (Å²) in [6.45, 7) is 0. The Morgan fingerprint density at radius 3 is 1.46 bits per heavy atom. The van der Waals surface area contributed by atoms with E-state index in [0.29, 0.717) is 9.93 Å². The van der Waals surface area contributed by atoms with Crippen LogP contribution in [0.15, 0.2) is 0 Å². The number of rotatable bonds is 1. The Bertz CT molecular complexity index is 221. The maximum absolute atomic E-state index is 10.7. The van der Waals surface area contributed by atoms with Crippen molar-refractivity contribution < 1.29 is 26.1 Å². The first-order valence-electron chi connectivity index (χ1n) is 2.66. The minimum absolute atomic E-state index is 0.594. The maximum Gasteiger partial charge on any atom is 0.485 e. The Labute approximate surface area is 81.6 Å². The van der Waals surface area contributed by atoms with E-state index in [1.807, 2.05) is 10.8 Å². The average Bonchev–Trinajstić information content (AvgIpc) is 1.84. The van der Waals surface area contributed by atoms with Gasteiger partial charge in [-0.3, -0.25) is 0 Å². The van der Waals surface area contributed by atoms with Crippen molar-refractivity contribution in [1.82, 2.24) is 0 Å². The Balaban J connectivity index is 0. The van der Waals surface area contributed by atoms with Crippen molar-refractivity contribution in [3.63, 3.8) is 0 Å². The Hall–Kier alpha value is 0.400. The summed E-state index contributed by atoms with van der Waals surface area (Å²) >= 11 is 0. The summed E-state index contributed by atoms with van der Waals surface area (Å²) in [5.41, 5.74) is -5.65. The van der Waals surface area contributed by atoms with Crippen LogP contribution in [0.25, 0.3) is 0 Å². The lowest BCUT2D eigenvalue weighted by Gasteiger charge is -2.08. The average molecular weight is 258 g/mol. The SMILES string of the molecule is CS[S+](C)C.O=S(=O)([O-])C(F)(F)F. The molecule has 0 bridgehead atoms. The Morgan fingerprint density at radius 2 is 1.46 bits per heavy atom. The van der Waals surface area contributed by atoms with Crippen molar-refractivity contribution in [2.24, 2.45) is 0 Å². The zero-order valence-corrected chi connectivity index (χ0v) is 9.53. The van der Waals surface area contributed by atoms with Gasteiger partial charge in [0.25, 0.3) is 0 Å². The molecule has 0 radical (unpaired) electrons. The molecule has 0 rings (SSSR count). The summed E-state index contributed by atoms with van der Waals surface area (Å²) in [6, 6.07) is 0. The van der Waals surface area contributed by atoms with Crippen LogP contribution in [0, 0.1) is 0 Å². The van der Waals surface area contributed by atoms with E-state index in [0.717, 1.165) is 0 Å². The first-order valence-corrected chi connectivity index (χ1v) is 7.85. The van der Waals surface area contributed by atoms with Gasteiger partial charge in [-0.2, -0.15) is 13.2 Å². The van der Waals surface area contributed by atoms with Gasteiger partial charge in [-0.05, 0) is 0 Å². The highest BCUT2D eigenvalue weighted by molar-refractivity contribution is 8.73. The van der Waals surface area contributed by atoms with Gasteiger partial charge in [-0.1, -0.05) is 0 Å². The van der Waals surface area contributed by atoms with E-state index in [2.05, 4.69) is 18.8 Å². The normalized spacial score (nSPS) is 12.3. The van der Waals surface area contributed by atoms with E-state index in [9.17, 15) is 13.2 Å². The molecule has 0 unspecified atom stereocenters. The molecular formula is C4H9F3O3S3. The topological polar surface area (TPSA) is 57.2 Å². The molecule has 0 amide bonds. The first-order chi connectivity index (χ1) is 5.52. The fraction of sp³-hybridized carbons (Fsp3) is 1.00. The molecule has 0 saturated heterocycles. The van der Waals surface area contributed by atoms with Gasteiger partial charge in [0, 0.05) is 6.26 Å². The molecule has 0 aliphatic heterocycles. The predicted molar refractivity (Wildman–Crippen MR) is 48.5 cm³/mol. The number of halogens is 3. The molecule has 0 aromatic rings. The fourth-order valence-corrected chi connectivity index (χ4v) is 0. The summed E-state index contributed by atoms with van der Waals surface area (Å²) in [7, 11) is -3.59. The molecule has 0 spiro atoms. The molecule has 3 nitrogen and oxygen atoms in total. The lowest BCUT2D eigenvalue weighted by atomic mass is 11.6. The van der Waals surface area contributed by atoms with Crippen LogP contribution in [-0.2, 0) is 20.0 Å². The van der Waals surface area contributed by atoms with Crippen LogP contribution in [-0.4, -0.2) is 37.2 Å². The number of hydrogen-bond donors (Lipinski definition) is 0. The van der Waals surface area contributed by atoms with E-state index in [4.69, 9.17) is 13.0 Å². The van der Waals surface area contributed by atoms with Crippen LogP contribution >= 0.6 is 10.8 Å². The molecule has 82 valence electrons. The van der Waals surface area contributed by atoms with Gasteiger partial charge in [-0.15, -0.1) is 0 Å². The van der Waals surface area contributed by atoms with Gasteiger partial charge in [0.1, 0.15) is 12.5 Å². The highest BCUT2D eigenvalue weighted by Gasteiger charge is 2.36. The minimum Gasteiger partial charge on any atom is -0.741 e. The molecule has 0 aromatic carbocycles. The highest BCUT2D eigenvalue weighted by Crippen LogP contribution is 2.20. The fourth-order valence-electron chi connectivity index (χ4n) is 0. The third-order valence-corrected chi connectivity index (χ3v) is 3.85. The molecular weight excluding hydrogens is 249 g/mol. The molecule has 0 N–H and O–H groups in total. The van der Waals surface area contributed by atoms with Crippen molar-refractivity contribution in [3.8, 4) is 0 Å². The van der Waals surface area contributed by atoms with Crippen molar-refractivity contribution in [1.29, 1.82) is 0 Å². The van der Waals surface area contributed by atoms with Gasteiger partial charge in [0.05, 0.1) is 20.7 Å². The molecule has 9 heteroatoms. The molecule has 0 fully saturated rings. The lowest BCUT2D eigenvalue weighted by Crippen LogP contribution is -2.21. The van der Waals surface area contributed by atoms with Gasteiger partial charge in [0.2, 0.25) is 0 Å². The summed E-state index contributed by atoms with van der Waals surface area (Å²) in [4.78, 5) is 0. The van der Waals surface area contributed by atoms with Crippen LogP contribution in [0.3, 0.4) is 0 Å². The molecule has 0 aromatic heterocycles. The zero-order valence-electron chi connectivity index (χ0n) is 7.08. The van der Waals surface area contributed by atoms with Crippen molar-refractivity contribution >= 4 is 30.8 Å². The van der Waals surface area contributed by atoms with Crippen LogP contribution in [0.5, 0.6) is 0 Å². The minimum atomic E-state index is -6.09. The summed E-state index contributed by atoms with van der Waals surface area (Å²) in [5.74, 6) is 0. The number of alkyl halides is 3. The van der Waals surface area contributed by atoms with Gasteiger partial charge >= 0.3 is 5.51 Å². The number of hydrogen-bond acceptors (Lipinski definition) is 4. The Morgan fingerprint density at radius 1 is 1.31 bits per heavy atom. The van der Waals surface area contributed by atoms with Crippen molar-refractivity contribution in [2.45, 2.75) is 5.51 Å². The van der Waals surface area contributed by atoms with Crippen LogP contribution in [0.2, 0.25) is 0 Å². The second kappa shape index (κ2) is 5.99. The van der Waals surface area contributed by atoms with E-state index in [-0.39, 0.29) is 0 Å². The highest BCUT2D eigenvalue weighted by atomic mass is 33.1. The lowest BCUT2D eigenvalue weighted by molar-refractivity contribution is -0.0517. The monoisotopic (exact) mass is 258 g/mol. The van der Waals surface area contributed by atoms with E-state index < -0.39 is 15.6 Å². The molecule has 0 aliphatic carbocycles. The van der Waals surface area contributed by atoms with E-state index >= 15 is 0 Å². The molecule has 0 atom stereocenters. The maximum atomic E-state index is 10.7. The third-order valence-electron chi connectivity index (χ3n) is 0.617. The van der Waals surface area contributed by atoms with Gasteiger partial charge < -0.3 is 4.55 Å². The summed E-state index contributed by atoms with van der Waals surface area (Å²) < 4.78 is 58.9. The predicted octanol–water partition coefficient (Wildman–Crippen LogP) is 1.19. The van der Waals surface area contributed by atoms with Gasteiger partial charge in [-0.25, -0.2) is 8.42 Å². The summed E-state index contributed by atoms with van der Waals surface area (Å²) in [6.07, 6.45) is 6.55. The standard InChI is InChI=1S/C3H9S2.CHF3O3S/c1-4-5(2)3;2-1(3,4)8(5,6)7/h1-3H3;(H,5,6,7)/q+1;/p-1.